The van der Waals surface area contributed by atoms with E-state index >= 15 is 0 Å². The number of rotatable bonds is 1. The van der Waals surface area contributed by atoms with Gasteiger partial charge in [-0.05, 0) is 13.8 Å². The van der Waals surface area contributed by atoms with Gasteiger partial charge in [-0.1, -0.05) is 13.8 Å². The number of hydrogen-bond acceptors (Lipinski definition) is 3. The fourth-order valence-corrected chi connectivity index (χ4v) is 0. The Morgan fingerprint density at radius 3 is 1.40 bits per heavy atom. The average Bonchev–Trinajstić information content (AvgIpc) is 1.95. The van der Waals surface area contributed by atoms with Crippen molar-refractivity contribution in [3.05, 3.63) is 0 Å². The second kappa shape index (κ2) is 11.4. The summed E-state index contributed by atoms with van der Waals surface area (Å²) in [5.74, 6) is 0. The van der Waals surface area contributed by atoms with Crippen LogP contribution < -0.4 is 5.73 Å². The SMILES string of the molecule is CC.CC(C)(N)C=O.CO. The molecule has 0 radical (unpaired) electrons. The largest absolute Gasteiger partial charge is 0.400 e. The predicted octanol–water partition coefficient (Wildman–Crippen LogP) is 0.557. The number of nitrogens with two attached hydrogens (primary N) is 1. The monoisotopic (exact) mass is 149 g/mol. The second-order valence-electron chi connectivity index (χ2n) is 1.94. The molecular formula is C7H19NO2. The Bertz CT molecular complexity index is 57.1. The Morgan fingerprint density at radius 2 is 1.40 bits per heavy atom. The highest BCUT2D eigenvalue weighted by molar-refractivity contribution is 5.61. The molecule has 0 saturated heterocycles. The first kappa shape index (κ1) is 16.3. The molecule has 0 unspecified atom stereocenters. The first-order valence-electron chi connectivity index (χ1n) is 3.26. The summed E-state index contributed by atoms with van der Waals surface area (Å²) in [6.45, 7) is 7.31. The van der Waals surface area contributed by atoms with Crippen molar-refractivity contribution in [3.8, 4) is 0 Å². The molecule has 0 aliphatic carbocycles. The number of carbonyl (C=O) groups excluding carboxylic acids is 1. The zero-order chi connectivity index (χ0) is 9.21. The van der Waals surface area contributed by atoms with E-state index in [0.717, 1.165) is 7.11 Å². The number of carbonyl (C=O) groups is 1. The van der Waals surface area contributed by atoms with Gasteiger partial charge in [0.2, 0.25) is 0 Å². The van der Waals surface area contributed by atoms with Crippen LogP contribution in [-0.4, -0.2) is 24.0 Å². The highest BCUT2D eigenvalue weighted by atomic mass is 16.2. The van der Waals surface area contributed by atoms with E-state index in [2.05, 4.69) is 0 Å². The van der Waals surface area contributed by atoms with Crippen molar-refractivity contribution in [1.29, 1.82) is 0 Å². The summed E-state index contributed by atoms with van der Waals surface area (Å²) in [4.78, 5) is 9.70. The lowest BCUT2D eigenvalue weighted by molar-refractivity contribution is -0.111. The zero-order valence-corrected chi connectivity index (χ0v) is 7.51. The fraction of sp³-hybridized carbons (Fsp3) is 0.857. The van der Waals surface area contributed by atoms with E-state index in [1.165, 1.54) is 0 Å². The van der Waals surface area contributed by atoms with Crippen molar-refractivity contribution in [2.75, 3.05) is 7.11 Å². The van der Waals surface area contributed by atoms with Gasteiger partial charge in [-0.15, -0.1) is 0 Å². The Morgan fingerprint density at radius 1 is 1.30 bits per heavy atom. The van der Waals surface area contributed by atoms with Crippen molar-refractivity contribution in [2.45, 2.75) is 33.2 Å². The number of aldehydes is 1. The third kappa shape index (κ3) is 49.1. The van der Waals surface area contributed by atoms with Gasteiger partial charge in [0.15, 0.2) is 0 Å². The highest BCUT2D eigenvalue weighted by Gasteiger charge is 2.04. The maximum absolute atomic E-state index is 9.70. The van der Waals surface area contributed by atoms with Gasteiger partial charge in [0, 0.05) is 7.11 Å². The lowest BCUT2D eigenvalue weighted by atomic mass is 10.1. The van der Waals surface area contributed by atoms with E-state index in [4.69, 9.17) is 10.8 Å². The molecular weight excluding hydrogens is 130 g/mol. The summed E-state index contributed by atoms with van der Waals surface area (Å²) in [6.07, 6.45) is 0.715. The summed E-state index contributed by atoms with van der Waals surface area (Å²) >= 11 is 0. The molecule has 0 amide bonds. The third-order valence-corrected chi connectivity index (χ3v) is 0.304. The van der Waals surface area contributed by atoms with E-state index in [0.29, 0.717) is 6.29 Å². The molecule has 0 bridgehead atoms. The van der Waals surface area contributed by atoms with Crippen molar-refractivity contribution in [2.24, 2.45) is 5.73 Å². The summed E-state index contributed by atoms with van der Waals surface area (Å²) in [7, 11) is 1.00. The Hall–Kier alpha value is -0.410. The van der Waals surface area contributed by atoms with Gasteiger partial charge < -0.3 is 15.6 Å². The standard InChI is InChI=1S/C4H9NO.C2H6.CH4O/c1-4(2,5)3-6;2*1-2/h3H,5H2,1-2H3;1-2H3;2H,1H3. The van der Waals surface area contributed by atoms with Crippen LogP contribution in [-0.2, 0) is 4.79 Å². The molecule has 0 spiro atoms. The molecule has 3 nitrogen and oxygen atoms in total. The smallest absolute Gasteiger partial charge is 0.139 e. The summed E-state index contributed by atoms with van der Waals surface area (Å²) in [6, 6.07) is 0. The summed E-state index contributed by atoms with van der Waals surface area (Å²) < 4.78 is 0. The molecule has 0 atom stereocenters. The molecule has 64 valence electrons. The van der Waals surface area contributed by atoms with Crippen LogP contribution in [0.15, 0.2) is 0 Å². The van der Waals surface area contributed by atoms with Gasteiger partial charge in [-0.25, -0.2) is 0 Å². The van der Waals surface area contributed by atoms with E-state index in [9.17, 15) is 4.79 Å². The van der Waals surface area contributed by atoms with Gasteiger partial charge in [0.25, 0.3) is 0 Å². The van der Waals surface area contributed by atoms with Crippen molar-refractivity contribution in [3.63, 3.8) is 0 Å². The Kier molecular flexibility index (Phi) is 18.6. The molecule has 0 aliphatic heterocycles. The maximum Gasteiger partial charge on any atom is 0.139 e. The summed E-state index contributed by atoms with van der Waals surface area (Å²) in [5, 5.41) is 7.00. The number of hydrogen-bond donors (Lipinski definition) is 2. The number of aliphatic hydroxyl groups is 1. The van der Waals surface area contributed by atoms with Gasteiger partial charge in [-0.3, -0.25) is 0 Å². The van der Waals surface area contributed by atoms with Crippen LogP contribution >= 0.6 is 0 Å². The molecule has 0 saturated carbocycles. The highest BCUT2D eigenvalue weighted by Crippen LogP contribution is 1.85. The zero-order valence-electron chi connectivity index (χ0n) is 7.51. The first-order chi connectivity index (χ1) is 4.56. The predicted molar refractivity (Wildman–Crippen MR) is 43.8 cm³/mol. The average molecular weight is 149 g/mol. The van der Waals surface area contributed by atoms with Crippen molar-refractivity contribution >= 4 is 6.29 Å². The van der Waals surface area contributed by atoms with Crippen LogP contribution in [0.2, 0.25) is 0 Å². The normalized spacial score (nSPS) is 7.90. The topological polar surface area (TPSA) is 63.3 Å². The second-order valence-corrected chi connectivity index (χ2v) is 1.94. The van der Waals surface area contributed by atoms with Crippen molar-refractivity contribution < 1.29 is 9.90 Å². The van der Waals surface area contributed by atoms with Crippen molar-refractivity contribution in [1.82, 2.24) is 0 Å². The Balaban J connectivity index is -0.000000105. The van der Waals surface area contributed by atoms with E-state index in [-0.39, 0.29) is 0 Å². The van der Waals surface area contributed by atoms with Gasteiger partial charge in [0.05, 0.1) is 5.54 Å². The van der Waals surface area contributed by atoms with Gasteiger partial charge in [0.1, 0.15) is 6.29 Å². The molecule has 0 rings (SSSR count). The molecule has 0 aliphatic rings. The van der Waals surface area contributed by atoms with Crippen LogP contribution in [0.1, 0.15) is 27.7 Å². The first-order valence-corrected chi connectivity index (χ1v) is 3.26. The van der Waals surface area contributed by atoms with Crippen LogP contribution in [0.25, 0.3) is 0 Å². The van der Waals surface area contributed by atoms with E-state index in [1.54, 1.807) is 13.8 Å². The molecule has 0 aromatic carbocycles. The van der Waals surface area contributed by atoms with Crippen LogP contribution in [0.5, 0.6) is 0 Å². The summed E-state index contributed by atoms with van der Waals surface area (Å²) in [5.41, 5.74) is 4.53. The maximum atomic E-state index is 9.70. The van der Waals surface area contributed by atoms with E-state index < -0.39 is 5.54 Å². The molecule has 0 fully saturated rings. The minimum Gasteiger partial charge on any atom is -0.400 e. The van der Waals surface area contributed by atoms with E-state index in [1.807, 2.05) is 13.8 Å². The Labute approximate surface area is 63.2 Å². The lowest BCUT2D eigenvalue weighted by Gasteiger charge is -2.04. The minimum atomic E-state index is -0.639. The molecule has 0 aromatic heterocycles. The van der Waals surface area contributed by atoms with Gasteiger partial charge >= 0.3 is 0 Å². The number of aliphatic hydroxyl groups excluding tert-OH is 1. The minimum absolute atomic E-state index is 0.639. The van der Waals surface area contributed by atoms with Crippen LogP contribution in [0, 0.1) is 0 Å². The molecule has 0 heterocycles. The van der Waals surface area contributed by atoms with Crippen LogP contribution in [0.4, 0.5) is 0 Å². The molecule has 3 heteroatoms. The molecule has 3 N–H and O–H groups in total. The lowest BCUT2D eigenvalue weighted by Crippen LogP contribution is -2.33. The molecule has 0 aromatic rings. The third-order valence-electron chi connectivity index (χ3n) is 0.304. The van der Waals surface area contributed by atoms with Gasteiger partial charge in [-0.2, -0.15) is 0 Å². The fourth-order valence-electron chi connectivity index (χ4n) is 0. The molecule has 10 heavy (non-hydrogen) atoms. The quantitative estimate of drug-likeness (QED) is 0.535. The van der Waals surface area contributed by atoms with Crippen LogP contribution in [0.3, 0.4) is 0 Å².